The van der Waals surface area contributed by atoms with Crippen LogP contribution in [0.5, 0.6) is 0 Å². The van der Waals surface area contributed by atoms with E-state index in [-0.39, 0.29) is 23.8 Å². The number of para-hydroxylation sites is 1. The molecule has 6 nitrogen and oxygen atoms in total. The fraction of sp³-hybridized carbons (Fsp3) is 0.214. The van der Waals surface area contributed by atoms with E-state index in [2.05, 4.69) is 31.2 Å². The normalized spacial score (nSPS) is 10.5. The van der Waals surface area contributed by atoms with Crippen molar-refractivity contribution < 1.29 is 9.53 Å². The minimum absolute atomic E-state index is 0.140. The van der Waals surface area contributed by atoms with Gasteiger partial charge in [-0.1, -0.05) is 23.9 Å². The van der Waals surface area contributed by atoms with Gasteiger partial charge in [-0.15, -0.1) is 0 Å². The van der Waals surface area contributed by atoms with Crippen molar-refractivity contribution in [2.45, 2.75) is 11.8 Å². The Bertz CT molecular complexity index is 720. The average molecular weight is 384 g/mol. The first-order chi connectivity index (χ1) is 10.6. The van der Waals surface area contributed by atoms with Crippen LogP contribution in [0.2, 0.25) is 0 Å². The third-order valence-electron chi connectivity index (χ3n) is 2.55. The first-order valence-corrected chi connectivity index (χ1v) is 8.12. The molecule has 8 heteroatoms. The average Bonchev–Trinajstić information content (AvgIpc) is 2.47. The Labute approximate surface area is 139 Å². The van der Waals surface area contributed by atoms with E-state index in [1.54, 1.807) is 6.07 Å². The number of H-pyrrole nitrogens is 1. The number of nitrogens with one attached hydrogen (secondary N) is 2. The smallest absolute Gasteiger partial charge is 0.251 e. The van der Waals surface area contributed by atoms with Crippen LogP contribution in [0, 0.1) is 0 Å². The lowest BCUT2D eigenvalue weighted by atomic mass is 10.3. The zero-order chi connectivity index (χ0) is 15.9. The molecule has 1 heterocycles. The molecule has 0 spiro atoms. The van der Waals surface area contributed by atoms with Gasteiger partial charge in [0.2, 0.25) is 5.91 Å². The van der Waals surface area contributed by atoms with Crippen molar-refractivity contribution in [2.75, 3.05) is 18.2 Å². The van der Waals surface area contributed by atoms with Gasteiger partial charge in [0.15, 0.2) is 5.16 Å². The lowest BCUT2D eigenvalue weighted by Crippen LogP contribution is -2.16. The summed E-state index contributed by atoms with van der Waals surface area (Å²) in [5.41, 5.74) is 0.957. The summed E-state index contributed by atoms with van der Waals surface area (Å²) in [7, 11) is 1.53. The topological polar surface area (TPSA) is 84.1 Å². The van der Waals surface area contributed by atoms with Crippen molar-refractivity contribution in [2.24, 2.45) is 0 Å². The molecule has 0 radical (unpaired) electrons. The molecule has 1 amide bonds. The number of benzene rings is 1. The van der Waals surface area contributed by atoms with Gasteiger partial charge in [-0.3, -0.25) is 9.59 Å². The van der Waals surface area contributed by atoms with Gasteiger partial charge in [-0.05, 0) is 28.1 Å². The van der Waals surface area contributed by atoms with Crippen molar-refractivity contribution in [1.82, 2.24) is 9.97 Å². The Kier molecular flexibility index (Phi) is 6.17. The van der Waals surface area contributed by atoms with Gasteiger partial charge < -0.3 is 15.0 Å². The van der Waals surface area contributed by atoms with Crippen LogP contribution < -0.4 is 10.9 Å². The Morgan fingerprint density at radius 1 is 1.45 bits per heavy atom. The first-order valence-electron chi connectivity index (χ1n) is 6.35. The molecule has 0 saturated heterocycles. The molecular weight excluding hydrogens is 370 g/mol. The number of hydrogen-bond acceptors (Lipinski definition) is 5. The van der Waals surface area contributed by atoms with Crippen LogP contribution in [0.4, 0.5) is 5.69 Å². The van der Waals surface area contributed by atoms with E-state index in [0.29, 0.717) is 16.5 Å². The van der Waals surface area contributed by atoms with E-state index in [1.807, 2.05) is 18.2 Å². The highest BCUT2D eigenvalue weighted by Crippen LogP contribution is 2.21. The van der Waals surface area contributed by atoms with E-state index in [4.69, 9.17) is 4.74 Å². The number of hydrogen-bond donors (Lipinski definition) is 2. The molecule has 2 rings (SSSR count). The molecule has 0 aliphatic rings. The van der Waals surface area contributed by atoms with Gasteiger partial charge in [0.1, 0.15) is 0 Å². The first kappa shape index (κ1) is 16.7. The second-order valence-electron chi connectivity index (χ2n) is 4.29. The highest BCUT2D eigenvalue weighted by atomic mass is 79.9. The number of amides is 1. The molecule has 0 fully saturated rings. The third kappa shape index (κ3) is 4.97. The fourth-order valence-corrected chi connectivity index (χ4v) is 2.73. The number of anilines is 1. The number of halogens is 1. The molecular formula is C14H14BrN3O3S. The number of carbonyl (C=O) groups is 1. The fourth-order valence-electron chi connectivity index (χ4n) is 1.66. The van der Waals surface area contributed by atoms with Crippen molar-refractivity contribution in [3.63, 3.8) is 0 Å². The van der Waals surface area contributed by atoms with Crippen LogP contribution in [0.1, 0.15) is 5.69 Å². The number of methoxy groups -OCH3 is 1. The van der Waals surface area contributed by atoms with Crippen molar-refractivity contribution in [3.8, 4) is 0 Å². The summed E-state index contributed by atoms with van der Waals surface area (Å²) in [6.45, 7) is 0.251. The molecule has 0 saturated carbocycles. The van der Waals surface area contributed by atoms with Crippen molar-refractivity contribution >= 4 is 39.3 Å². The second kappa shape index (κ2) is 8.11. The number of aromatic amines is 1. The van der Waals surface area contributed by atoms with Crippen LogP contribution in [0.3, 0.4) is 0 Å². The number of carbonyl (C=O) groups excluding carboxylic acids is 1. The van der Waals surface area contributed by atoms with E-state index in [0.717, 1.165) is 16.2 Å². The summed E-state index contributed by atoms with van der Waals surface area (Å²) in [5, 5.41) is 3.17. The van der Waals surface area contributed by atoms with Crippen LogP contribution in [0.15, 0.2) is 44.8 Å². The second-order valence-corrected chi connectivity index (χ2v) is 6.11. The van der Waals surface area contributed by atoms with Gasteiger partial charge in [0.05, 0.1) is 23.7 Å². The van der Waals surface area contributed by atoms with Gasteiger partial charge >= 0.3 is 0 Å². The minimum atomic E-state index is -0.268. The van der Waals surface area contributed by atoms with Crippen LogP contribution in [-0.4, -0.2) is 28.7 Å². The minimum Gasteiger partial charge on any atom is -0.378 e. The van der Waals surface area contributed by atoms with Gasteiger partial charge in [-0.2, -0.15) is 0 Å². The van der Waals surface area contributed by atoms with Gasteiger partial charge in [0, 0.05) is 17.6 Å². The number of aromatic nitrogens is 2. The van der Waals surface area contributed by atoms with Gasteiger partial charge in [-0.25, -0.2) is 4.98 Å². The zero-order valence-corrected chi connectivity index (χ0v) is 14.2. The van der Waals surface area contributed by atoms with Crippen molar-refractivity contribution in [1.29, 1.82) is 0 Å². The Morgan fingerprint density at radius 2 is 2.23 bits per heavy atom. The van der Waals surface area contributed by atoms with Crippen LogP contribution in [-0.2, 0) is 16.1 Å². The van der Waals surface area contributed by atoms with E-state index < -0.39 is 0 Å². The van der Waals surface area contributed by atoms with Crippen molar-refractivity contribution in [3.05, 3.63) is 50.9 Å². The number of ether oxygens (including phenoxy) is 1. The molecule has 2 N–H and O–H groups in total. The Balaban J connectivity index is 1.96. The number of thioether (sulfide) groups is 1. The Hall–Kier alpha value is -1.64. The molecule has 0 atom stereocenters. The molecule has 116 valence electrons. The predicted octanol–water partition coefficient (Wildman–Crippen LogP) is 2.41. The highest BCUT2D eigenvalue weighted by molar-refractivity contribution is 9.10. The van der Waals surface area contributed by atoms with E-state index in [9.17, 15) is 9.59 Å². The lowest BCUT2D eigenvalue weighted by Gasteiger charge is -2.07. The van der Waals surface area contributed by atoms with Crippen LogP contribution >= 0.6 is 27.7 Å². The van der Waals surface area contributed by atoms with Gasteiger partial charge in [0.25, 0.3) is 5.56 Å². The molecule has 0 aliphatic carbocycles. The maximum absolute atomic E-state index is 11.9. The summed E-state index contributed by atoms with van der Waals surface area (Å²) in [6.07, 6.45) is 0. The maximum Gasteiger partial charge on any atom is 0.251 e. The molecule has 1 aromatic carbocycles. The third-order valence-corrected chi connectivity index (χ3v) is 4.12. The summed E-state index contributed by atoms with van der Waals surface area (Å²) in [6, 6.07) is 8.71. The predicted molar refractivity (Wildman–Crippen MR) is 89.1 cm³/mol. The molecule has 0 bridgehead atoms. The molecule has 22 heavy (non-hydrogen) atoms. The maximum atomic E-state index is 11.9. The summed E-state index contributed by atoms with van der Waals surface area (Å²) >= 11 is 4.52. The number of rotatable bonds is 6. The standard InChI is InChI=1S/C14H14BrN3O3S/c1-21-7-9-6-12(19)18-14(16-9)22-8-13(20)17-11-5-3-2-4-10(11)15/h2-6H,7-8H2,1H3,(H,17,20)(H,16,18,19). The summed E-state index contributed by atoms with van der Waals surface area (Å²) < 4.78 is 5.75. The molecule has 1 aromatic heterocycles. The molecule has 2 aromatic rings. The number of nitrogens with zero attached hydrogens (tertiary/aromatic N) is 1. The zero-order valence-electron chi connectivity index (χ0n) is 11.8. The SMILES string of the molecule is COCc1cc(=O)[nH]c(SCC(=O)Nc2ccccc2Br)n1. The summed E-state index contributed by atoms with van der Waals surface area (Å²) in [5.74, 6) is -0.0440. The van der Waals surface area contributed by atoms with Crippen LogP contribution in [0.25, 0.3) is 0 Å². The molecule has 0 aliphatic heterocycles. The molecule has 0 unspecified atom stereocenters. The quantitative estimate of drug-likeness (QED) is 0.590. The largest absolute Gasteiger partial charge is 0.378 e. The monoisotopic (exact) mass is 383 g/mol. The lowest BCUT2D eigenvalue weighted by molar-refractivity contribution is -0.113. The highest BCUT2D eigenvalue weighted by Gasteiger charge is 2.08. The van der Waals surface area contributed by atoms with E-state index >= 15 is 0 Å². The Morgan fingerprint density at radius 3 is 2.95 bits per heavy atom. The van der Waals surface area contributed by atoms with E-state index in [1.165, 1.54) is 13.2 Å². The summed E-state index contributed by atoms with van der Waals surface area (Å²) in [4.78, 5) is 30.2.